The normalized spacial score (nSPS) is 16.5. The Hall–Kier alpha value is -3.35. The molecule has 3 aromatic heterocycles. The molecule has 1 unspecified atom stereocenters. The monoisotopic (exact) mass is 385 g/mol. The molecule has 0 radical (unpaired) electrons. The van der Waals surface area contributed by atoms with E-state index >= 15 is 0 Å². The van der Waals surface area contributed by atoms with Crippen molar-refractivity contribution in [1.82, 2.24) is 30.0 Å². The topological polar surface area (TPSA) is 72.1 Å². The van der Waals surface area contributed by atoms with Crippen molar-refractivity contribution in [3.8, 4) is 0 Å². The smallest absolute Gasteiger partial charge is 0.179 e. The molecule has 29 heavy (non-hydrogen) atoms. The van der Waals surface area contributed by atoms with Crippen LogP contribution in [0.1, 0.15) is 31.0 Å². The molecule has 4 aromatic rings. The zero-order chi connectivity index (χ0) is 19.8. The Kier molecular flexibility index (Phi) is 4.42. The van der Waals surface area contributed by atoms with E-state index in [0.717, 1.165) is 46.4 Å². The summed E-state index contributed by atoms with van der Waals surface area (Å²) in [6.07, 6.45) is 3.81. The number of fused-ring (bicyclic) bond motifs is 2. The fourth-order valence-electron chi connectivity index (χ4n) is 3.79. The summed E-state index contributed by atoms with van der Waals surface area (Å²) < 4.78 is 1.87. The summed E-state index contributed by atoms with van der Waals surface area (Å²) in [5.74, 6) is 0.789. The van der Waals surface area contributed by atoms with Gasteiger partial charge in [0.15, 0.2) is 5.65 Å². The minimum Gasteiger partial charge on any atom is -0.296 e. The summed E-state index contributed by atoms with van der Waals surface area (Å²) in [6, 6.07) is 14.3. The van der Waals surface area contributed by atoms with Crippen molar-refractivity contribution in [2.45, 2.75) is 26.3 Å². The second kappa shape index (κ2) is 7.24. The van der Waals surface area contributed by atoms with Crippen molar-refractivity contribution < 1.29 is 0 Å². The average molecular weight is 385 g/mol. The maximum atomic E-state index is 4.90. The maximum Gasteiger partial charge on any atom is 0.179 e. The number of aromatic nitrogens is 5. The summed E-state index contributed by atoms with van der Waals surface area (Å²) >= 11 is 0. The number of nitrogens with zero attached hydrogens (tertiary/aromatic N) is 7. The van der Waals surface area contributed by atoms with Gasteiger partial charge in [0.2, 0.25) is 0 Å². The van der Waals surface area contributed by atoms with Crippen LogP contribution in [0.25, 0.3) is 22.1 Å². The lowest BCUT2D eigenvalue weighted by molar-refractivity contribution is 0.273. The van der Waals surface area contributed by atoms with E-state index in [9.17, 15) is 0 Å². The first-order valence-electron chi connectivity index (χ1n) is 9.98. The third-order valence-electron chi connectivity index (χ3n) is 5.15. The molecule has 7 nitrogen and oxygen atoms in total. The Morgan fingerprint density at radius 1 is 1.10 bits per heavy atom. The maximum absolute atomic E-state index is 4.90. The summed E-state index contributed by atoms with van der Waals surface area (Å²) in [5.41, 5.74) is 4.77. The Morgan fingerprint density at radius 2 is 2.00 bits per heavy atom. The Morgan fingerprint density at radius 3 is 2.90 bits per heavy atom. The summed E-state index contributed by atoms with van der Waals surface area (Å²) in [5, 5.41) is 16.4. The van der Waals surface area contributed by atoms with Crippen molar-refractivity contribution in [2.75, 3.05) is 13.1 Å². The van der Waals surface area contributed by atoms with Crippen LogP contribution in [0.2, 0.25) is 0 Å². The van der Waals surface area contributed by atoms with Gasteiger partial charge >= 0.3 is 0 Å². The third-order valence-corrected chi connectivity index (χ3v) is 5.15. The van der Waals surface area contributed by atoms with Gasteiger partial charge in [0.1, 0.15) is 5.52 Å². The molecule has 0 N–H and O–H groups in total. The Bertz CT molecular complexity index is 1190. The van der Waals surface area contributed by atoms with Gasteiger partial charge in [-0.1, -0.05) is 31.2 Å². The predicted octanol–water partition coefficient (Wildman–Crippen LogP) is 3.46. The lowest BCUT2D eigenvalue weighted by Crippen LogP contribution is -2.22. The van der Waals surface area contributed by atoms with Crippen LogP contribution in [0.3, 0.4) is 0 Å². The molecule has 0 fully saturated rings. The van der Waals surface area contributed by atoms with Gasteiger partial charge in [-0.3, -0.25) is 9.99 Å². The number of hydrogen-bond acceptors (Lipinski definition) is 6. The van der Waals surface area contributed by atoms with Crippen LogP contribution in [0.4, 0.5) is 0 Å². The van der Waals surface area contributed by atoms with Gasteiger partial charge in [0, 0.05) is 30.9 Å². The molecule has 7 heteroatoms. The molecular weight excluding hydrogens is 362 g/mol. The van der Waals surface area contributed by atoms with E-state index < -0.39 is 0 Å². The number of rotatable bonds is 5. The minimum absolute atomic E-state index is 0.202. The quantitative estimate of drug-likeness (QED) is 0.526. The Labute approximate surface area is 169 Å². The average Bonchev–Trinajstić information content (AvgIpc) is 3.34. The highest BCUT2D eigenvalue weighted by molar-refractivity contribution is 5.79. The van der Waals surface area contributed by atoms with Crippen molar-refractivity contribution >= 4 is 28.3 Å². The first-order valence-corrected chi connectivity index (χ1v) is 9.98. The molecule has 0 spiro atoms. The van der Waals surface area contributed by atoms with E-state index in [2.05, 4.69) is 57.5 Å². The molecule has 0 aliphatic carbocycles. The molecule has 1 atom stereocenters. The van der Waals surface area contributed by atoms with Gasteiger partial charge in [-0.15, -0.1) is 5.10 Å². The molecule has 0 saturated heterocycles. The van der Waals surface area contributed by atoms with Crippen LogP contribution >= 0.6 is 0 Å². The molecule has 146 valence electrons. The predicted molar refractivity (Wildman–Crippen MR) is 114 cm³/mol. The van der Waals surface area contributed by atoms with E-state index in [0.29, 0.717) is 12.5 Å². The number of benzene rings is 1. The Balaban J connectivity index is 1.41. The van der Waals surface area contributed by atoms with Crippen LogP contribution in [-0.2, 0) is 6.54 Å². The molecular formula is C22H23N7. The van der Waals surface area contributed by atoms with E-state index in [-0.39, 0.29) is 5.92 Å². The van der Waals surface area contributed by atoms with Crippen LogP contribution in [0, 0.1) is 5.92 Å². The van der Waals surface area contributed by atoms with E-state index in [1.54, 1.807) is 0 Å². The second-order valence-electron chi connectivity index (χ2n) is 7.99. The fraction of sp³-hybridized carbons (Fsp3) is 0.318. The largest absolute Gasteiger partial charge is 0.296 e. The molecule has 4 heterocycles. The van der Waals surface area contributed by atoms with Crippen LogP contribution in [0.15, 0.2) is 53.8 Å². The summed E-state index contributed by atoms with van der Waals surface area (Å²) in [4.78, 5) is 9.28. The third kappa shape index (κ3) is 3.55. The zero-order valence-corrected chi connectivity index (χ0v) is 16.6. The molecule has 5 rings (SSSR count). The van der Waals surface area contributed by atoms with Crippen molar-refractivity contribution in [3.05, 3.63) is 59.9 Å². The summed E-state index contributed by atoms with van der Waals surface area (Å²) in [6.45, 7) is 6.87. The fourth-order valence-corrected chi connectivity index (χ4v) is 3.79. The van der Waals surface area contributed by atoms with Crippen molar-refractivity contribution in [2.24, 2.45) is 11.0 Å². The lowest BCUT2D eigenvalue weighted by Gasteiger charge is -2.17. The first kappa shape index (κ1) is 17.7. The van der Waals surface area contributed by atoms with Crippen molar-refractivity contribution in [3.63, 3.8) is 0 Å². The van der Waals surface area contributed by atoms with E-state index in [1.165, 1.54) is 0 Å². The first-order chi connectivity index (χ1) is 14.2. The van der Waals surface area contributed by atoms with E-state index in [1.807, 2.05) is 41.4 Å². The number of pyridine rings is 2. The minimum atomic E-state index is 0.202. The van der Waals surface area contributed by atoms with Crippen molar-refractivity contribution in [1.29, 1.82) is 0 Å². The molecule has 0 bridgehead atoms. The second-order valence-corrected chi connectivity index (χ2v) is 7.99. The molecule has 1 aliphatic heterocycles. The highest BCUT2D eigenvalue weighted by Gasteiger charge is 2.22. The highest BCUT2D eigenvalue weighted by Crippen LogP contribution is 2.22. The molecule has 0 amide bonds. The van der Waals surface area contributed by atoms with Gasteiger partial charge in [0.25, 0.3) is 0 Å². The van der Waals surface area contributed by atoms with Gasteiger partial charge in [-0.2, -0.15) is 5.10 Å². The zero-order valence-electron chi connectivity index (χ0n) is 16.6. The van der Waals surface area contributed by atoms with Gasteiger partial charge in [-0.05, 0) is 41.8 Å². The molecule has 0 saturated carbocycles. The van der Waals surface area contributed by atoms with Crippen LogP contribution in [-0.4, -0.2) is 49.3 Å². The van der Waals surface area contributed by atoms with Gasteiger partial charge in [-0.25, -0.2) is 9.67 Å². The SMILES string of the molecule is CC(C)CN1CC(c2ccc3nnn(Cc4ccc5ncccc5c4)c3n2)C=N1. The highest BCUT2D eigenvalue weighted by atomic mass is 15.5. The van der Waals surface area contributed by atoms with Gasteiger partial charge in [0.05, 0.1) is 23.7 Å². The van der Waals surface area contributed by atoms with Crippen LogP contribution in [0.5, 0.6) is 0 Å². The number of hydrogen-bond donors (Lipinski definition) is 0. The van der Waals surface area contributed by atoms with E-state index in [4.69, 9.17) is 4.98 Å². The molecule has 1 aliphatic rings. The standard InChI is InChI=1S/C22H23N7/c1-15(2)12-28-14-18(11-24-28)20-7-8-21-22(25-20)29(27-26-21)13-16-5-6-19-17(10-16)4-3-9-23-19/h3-11,15,18H,12-14H2,1-2H3. The van der Waals surface area contributed by atoms with Gasteiger partial charge < -0.3 is 0 Å². The number of hydrazone groups is 1. The molecule has 1 aromatic carbocycles. The summed E-state index contributed by atoms with van der Waals surface area (Å²) in [7, 11) is 0. The van der Waals surface area contributed by atoms with Crippen LogP contribution < -0.4 is 0 Å². The lowest BCUT2D eigenvalue weighted by atomic mass is 10.1.